The highest BCUT2D eigenvalue weighted by atomic mass is 16.5. The van der Waals surface area contributed by atoms with Crippen LogP contribution in [0.1, 0.15) is 36.8 Å². The van der Waals surface area contributed by atoms with E-state index in [1.165, 1.54) is 11.1 Å². The summed E-state index contributed by atoms with van der Waals surface area (Å²) in [5, 5.41) is 0. The molecule has 0 saturated heterocycles. The van der Waals surface area contributed by atoms with Crippen LogP contribution in [-0.4, -0.2) is 7.11 Å². The van der Waals surface area contributed by atoms with E-state index in [-0.39, 0.29) is 0 Å². The fourth-order valence-corrected chi connectivity index (χ4v) is 1.95. The molecule has 1 heteroatoms. The average molecular weight is 202 g/mol. The standard InChI is InChI=1S/C14H18O/c1-5-8-12(6-2)14-11(3)9-7-10-13(14)15-4/h1,7,9-10,12H,6,8H2,2-4H3. The molecular formula is C14H18O. The van der Waals surface area contributed by atoms with Crippen LogP contribution in [0.25, 0.3) is 0 Å². The third kappa shape index (κ3) is 2.53. The Kier molecular flexibility index (Phi) is 4.24. The maximum atomic E-state index is 5.39. The lowest BCUT2D eigenvalue weighted by Crippen LogP contribution is -2.02. The summed E-state index contributed by atoms with van der Waals surface area (Å²) in [6.07, 6.45) is 7.22. The molecule has 0 saturated carbocycles. The van der Waals surface area contributed by atoms with Crippen LogP contribution < -0.4 is 4.74 Å². The molecule has 0 spiro atoms. The molecular weight excluding hydrogens is 184 g/mol. The van der Waals surface area contributed by atoms with Crippen molar-refractivity contribution < 1.29 is 4.74 Å². The van der Waals surface area contributed by atoms with Crippen LogP contribution in [0.5, 0.6) is 5.75 Å². The second-order valence-corrected chi connectivity index (χ2v) is 3.70. The van der Waals surface area contributed by atoms with Gasteiger partial charge in [-0.05, 0) is 30.9 Å². The largest absolute Gasteiger partial charge is 0.496 e. The zero-order valence-corrected chi connectivity index (χ0v) is 9.71. The molecule has 0 fully saturated rings. The first-order chi connectivity index (χ1) is 7.24. The van der Waals surface area contributed by atoms with Crippen molar-refractivity contribution in [3.63, 3.8) is 0 Å². The number of terminal acetylenes is 1. The predicted octanol–water partition coefficient (Wildman–Crippen LogP) is 3.52. The van der Waals surface area contributed by atoms with E-state index in [1.54, 1.807) is 7.11 Å². The van der Waals surface area contributed by atoms with Crippen LogP contribution in [-0.2, 0) is 0 Å². The lowest BCUT2D eigenvalue weighted by molar-refractivity contribution is 0.404. The Bertz CT molecular complexity index is 360. The molecule has 1 atom stereocenters. The fraction of sp³-hybridized carbons (Fsp3) is 0.429. The van der Waals surface area contributed by atoms with Crippen molar-refractivity contribution in [2.75, 3.05) is 7.11 Å². The molecule has 80 valence electrons. The zero-order chi connectivity index (χ0) is 11.3. The highest BCUT2D eigenvalue weighted by Gasteiger charge is 2.15. The Labute approximate surface area is 92.5 Å². The van der Waals surface area contributed by atoms with E-state index in [1.807, 2.05) is 12.1 Å². The van der Waals surface area contributed by atoms with Gasteiger partial charge in [-0.1, -0.05) is 19.1 Å². The number of ether oxygens (including phenoxy) is 1. The van der Waals surface area contributed by atoms with Gasteiger partial charge in [-0.3, -0.25) is 0 Å². The van der Waals surface area contributed by atoms with Gasteiger partial charge >= 0.3 is 0 Å². The quantitative estimate of drug-likeness (QED) is 0.679. The SMILES string of the molecule is C#CCC(CC)c1c(C)cccc1OC. The van der Waals surface area contributed by atoms with Gasteiger partial charge in [0, 0.05) is 12.0 Å². The molecule has 0 bridgehead atoms. The molecule has 0 N–H and O–H groups in total. The Morgan fingerprint density at radius 3 is 2.73 bits per heavy atom. The summed E-state index contributed by atoms with van der Waals surface area (Å²) in [6.45, 7) is 4.27. The second kappa shape index (κ2) is 5.46. The minimum absolute atomic E-state index is 0.408. The van der Waals surface area contributed by atoms with Gasteiger partial charge in [0.05, 0.1) is 7.11 Å². The predicted molar refractivity (Wildman–Crippen MR) is 64.2 cm³/mol. The first-order valence-corrected chi connectivity index (χ1v) is 5.31. The van der Waals surface area contributed by atoms with Crippen molar-refractivity contribution in [2.24, 2.45) is 0 Å². The number of rotatable bonds is 4. The van der Waals surface area contributed by atoms with E-state index in [4.69, 9.17) is 11.2 Å². The van der Waals surface area contributed by atoms with Crippen molar-refractivity contribution in [3.05, 3.63) is 29.3 Å². The molecule has 1 aromatic rings. The molecule has 0 amide bonds. The van der Waals surface area contributed by atoms with E-state index >= 15 is 0 Å². The minimum atomic E-state index is 0.408. The molecule has 0 radical (unpaired) electrons. The lowest BCUT2D eigenvalue weighted by Gasteiger charge is -2.18. The van der Waals surface area contributed by atoms with Crippen molar-refractivity contribution in [1.82, 2.24) is 0 Å². The minimum Gasteiger partial charge on any atom is -0.496 e. The molecule has 1 nitrogen and oxygen atoms in total. The van der Waals surface area contributed by atoms with E-state index in [0.29, 0.717) is 5.92 Å². The number of hydrogen-bond acceptors (Lipinski definition) is 1. The van der Waals surface area contributed by atoms with Crippen LogP contribution in [0.3, 0.4) is 0 Å². The second-order valence-electron chi connectivity index (χ2n) is 3.70. The molecule has 0 aliphatic carbocycles. The molecule has 0 aromatic heterocycles. The highest BCUT2D eigenvalue weighted by molar-refractivity contribution is 5.42. The van der Waals surface area contributed by atoms with Crippen LogP contribution in [0.2, 0.25) is 0 Å². The van der Waals surface area contributed by atoms with E-state index in [0.717, 1.165) is 18.6 Å². The van der Waals surface area contributed by atoms with Gasteiger partial charge in [0.2, 0.25) is 0 Å². The topological polar surface area (TPSA) is 9.23 Å². The van der Waals surface area contributed by atoms with Gasteiger partial charge in [0.15, 0.2) is 0 Å². The van der Waals surface area contributed by atoms with Crippen LogP contribution in [0.15, 0.2) is 18.2 Å². The molecule has 1 aromatic carbocycles. The van der Waals surface area contributed by atoms with E-state index < -0.39 is 0 Å². The maximum Gasteiger partial charge on any atom is 0.122 e. The molecule has 0 heterocycles. The third-order valence-corrected chi connectivity index (χ3v) is 2.77. The highest BCUT2D eigenvalue weighted by Crippen LogP contribution is 2.33. The number of aryl methyl sites for hydroxylation is 1. The monoisotopic (exact) mass is 202 g/mol. The van der Waals surface area contributed by atoms with Gasteiger partial charge in [-0.25, -0.2) is 0 Å². The van der Waals surface area contributed by atoms with Crippen molar-refractivity contribution in [1.29, 1.82) is 0 Å². The molecule has 15 heavy (non-hydrogen) atoms. The smallest absolute Gasteiger partial charge is 0.122 e. The Hall–Kier alpha value is -1.42. The normalized spacial score (nSPS) is 11.9. The number of hydrogen-bond donors (Lipinski definition) is 0. The third-order valence-electron chi connectivity index (χ3n) is 2.77. The summed E-state index contributed by atoms with van der Waals surface area (Å²) < 4.78 is 5.39. The van der Waals surface area contributed by atoms with Crippen LogP contribution in [0, 0.1) is 19.3 Å². The summed E-state index contributed by atoms with van der Waals surface area (Å²) in [5.74, 6) is 4.10. The Balaban J connectivity index is 3.15. The van der Waals surface area contributed by atoms with Gasteiger partial charge in [-0.2, -0.15) is 0 Å². The first kappa shape index (κ1) is 11.7. The van der Waals surface area contributed by atoms with Crippen molar-refractivity contribution >= 4 is 0 Å². The number of methoxy groups -OCH3 is 1. The van der Waals surface area contributed by atoms with Gasteiger partial charge < -0.3 is 4.74 Å². The van der Waals surface area contributed by atoms with Crippen LogP contribution >= 0.6 is 0 Å². The number of benzene rings is 1. The fourth-order valence-electron chi connectivity index (χ4n) is 1.95. The van der Waals surface area contributed by atoms with Gasteiger partial charge in [0.25, 0.3) is 0 Å². The Morgan fingerprint density at radius 2 is 2.20 bits per heavy atom. The average Bonchev–Trinajstić information content (AvgIpc) is 2.26. The van der Waals surface area contributed by atoms with Gasteiger partial charge in [0.1, 0.15) is 5.75 Å². The lowest BCUT2D eigenvalue weighted by atomic mass is 9.89. The van der Waals surface area contributed by atoms with Gasteiger partial charge in [-0.15, -0.1) is 12.3 Å². The maximum absolute atomic E-state index is 5.39. The van der Waals surface area contributed by atoms with E-state index in [9.17, 15) is 0 Å². The van der Waals surface area contributed by atoms with E-state index in [2.05, 4.69) is 25.8 Å². The van der Waals surface area contributed by atoms with Crippen LogP contribution in [0.4, 0.5) is 0 Å². The summed E-state index contributed by atoms with van der Waals surface area (Å²) >= 11 is 0. The molecule has 1 unspecified atom stereocenters. The summed E-state index contributed by atoms with van der Waals surface area (Å²) in [4.78, 5) is 0. The van der Waals surface area contributed by atoms with Crippen molar-refractivity contribution in [2.45, 2.75) is 32.6 Å². The Morgan fingerprint density at radius 1 is 1.47 bits per heavy atom. The molecule has 0 aliphatic rings. The first-order valence-electron chi connectivity index (χ1n) is 5.31. The zero-order valence-electron chi connectivity index (χ0n) is 9.71. The van der Waals surface area contributed by atoms with Crippen molar-refractivity contribution in [3.8, 4) is 18.1 Å². The molecule has 0 aliphatic heterocycles. The summed E-state index contributed by atoms with van der Waals surface area (Å²) in [6, 6.07) is 6.12. The molecule has 1 rings (SSSR count). The summed E-state index contributed by atoms with van der Waals surface area (Å²) in [7, 11) is 1.71. The summed E-state index contributed by atoms with van der Waals surface area (Å²) in [5.41, 5.74) is 2.52.